The molecule has 1 aromatic carbocycles. The summed E-state index contributed by atoms with van der Waals surface area (Å²) in [5.41, 5.74) is 0.744. The van der Waals surface area contributed by atoms with Crippen LogP contribution in [0, 0.1) is 5.82 Å². The van der Waals surface area contributed by atoms with Crippen molar-refractivity contribution in [1.29, 1.82) is 0 Å². The van der Waals surface area contributed by atoms with Crippen molar-refractivity contribution in [3.8, 4) is 0 Å². The van der Waals surface area contributed by atoms with Crippen molar-refractivity contribution in [1.82, 2.24) is 10.2 Å². The minimum absolute atomic E-state index is 0.122. The quantitative estimate of drug-likeness (QED) is 0.816. The van der Waals surface area contributed by atoms with Crippen LogP contribution in [-0.2, 0) is 6.54 Å². The molecule has 1 fully saturated rings. The van der Waals surface area contributed by atoms with Gasteiger partial charge in [-0.1, -0.05) is 18.2 Å². The molecule has 0 bridgehead atoms. The molecule has 1 aromatic rings. The first kappa shape index (κ1) is 12.5. The maximum Gasteiger partial charge on any atom is 0.127 e. The number of benzene rings is 1. The van der Waals surface area contributed by atoms with Crippen LogP contribution in [0.3, 0.4) is 0 Å². The topological polar surface area (TPSA) is 15.3 Å². The molecule has 1 unspecified atom stereocenters. The Hall–Kier alpha value is -0.930. The van der Waals surface area contributed by atoms with E-state index in [1.807, 2.05) is 12.1 Å². The molecule has 2 rings (SSSR count). The molecule has 0 spiro atoms. The molecule has 0 amide bonds. The van der Waals surface area contributed by atoms with Crippen LogP contribution < -0.4 is 5.32 Å². The normalized spacial score (nSPS) is 17.4. The fraction of sp³-hybridized carbons (Fsp3) is 0.571. The van der Waals surface area contributed by atoms with Crippen LogP contribution >= 0.6 is 0 Å². The van der Waals surface area contributed by atoms with Gasteiger partial charge in [0.1, 0.15) is 5.82 Å². The molecule has 0 saturated heterocycles. The van der Waals surface area contributed by atoms with E-state index in [-0.39, 0.29) is 5.82 Å². The van der Waals surface area contributed by atoms with Crippen molar-refractivity contribution in [3.05, 3.63) is 35.6 Å². The largest absolute Gasteiger partial charge is 0.311 e. The highest BCUT2D eigenvalue weighted by Gasteiger charge is 2.28. The molecule has 17 heavy (non-hydrogen) atoms. The Labute approximate surface area is 103 Å². The third kappa shape index (κ3) is 3.51. The first-order valence-electron chi connectivity index (χ1n) is 6.34. The van der Waals surface area contributed by atoms with Crippen molar-refractivity contribution in [3.63, 3.8) is 0 Å². The highest BCUT2D eigenvalue weighted by Crippen LogP contribution is 2.26. The number of rotatable bonds is 6. The summed E-state index contributed by atoms with van der Waals surface area (Å²) in [6.45, 7) is 3.73. The van der Waals surface area contributed by atoms with Crippen LogP contribution in [0.25, 0.3) is 0 Å². The van der Waals surface area contributed by atoms with Gasteiger partial charge in [0, 0.05) is 30.7 Å². The van der Waals surface area contributed by atoms with Crippen molar-refractivity contribution in [2.45, 2.75) is 38.4 Å². The van der Waals surface area contributed by atoms with Gasteiger partial charge in [0.25, 0.3) is 0 Å². The summed E-state index contributed by atoms with van der Waals surface area (Å²) in [6, 6.07) is 8.23. The van der Waals surface area contributed by atoms with E-state index < -0.39 is 0 Å². The van der Waals surface area contributed by atoms with E-state index in [4.69, 9.17) is 0 Å². The number of halogens is 1. The smallest absolute Gasteiger partial charge is 0.127 e. The summed E-state index contributed by atoms with van der Waals surface area (Å²) < 4.78 is 13.4. The average Bonchev–Trinajstić information content (AvgIpc) is 3.14. The lowest BCUT2D eigenvalue weighted by Crippen LogP contribution is -2.39. The molecule has 0 aromatic heterocycles. The maximum atomic E-state index is 13.4. The number of likely N-dealkylation sites (N-methyl/N-ethyl adjacent to an activating group) is 1. The van der Waals surface area contributed by atoms with Crippen LogP contribution in [0.15, 0.2) is 24.3 Å². The fourth-order valence-corrected chi connectivity index (χ4v) is 2.04. The van der Waals surface area contributed by atoms with Crippen molar-refractivity contribution >= 4 is 0 Å². The standard InChI is InChI=1S/C14H21FN2/c1-11(17(2)13-7-8-13)9-16-10-12-5-3-4-6-14(12)15/h3-6,11,13,16H,7-10H2,1-2H3. The molecule has 3 heteroatoms. The van der Waals surface area contributed by atoms with E-state index in [1.165, 1.54) is 18.9 Å². The monoisotopic (exact) mass is 236 g/mol. The third-order valence-electron chi connectivity index (χ3n) is 3.53. The van der Waals surface area contributed by atoms with E-state index in [1.54, 1.807) is 6.07 Å². The van der Waals surface area contributed by atoms with Crippen LogP contribution in [0.4, 0.5) is 4.39 Å². The van der Waals surface area contributed by atoms with E-state index in [0.29, 0.717) is 12.6 Å². The Bertz CT molecular complexity index is 363. The molecule has 1 aliphatic rings. The maximum absolute atomic E-state index is 13.4. The van der Waals surface area contributed by atoms with Gasteiger partial charge < -0.3 is 5.32 Å². The summed E-state index contributed by atoms with van der Waals surface area (Å²) in [6.07, 6.45) is 2.66. The Morgan fingerprint density at radius 3 is 2.76 bits per heavy atom. The highest BCUT2D eigenvalue weighted by atomic mass is 19.1. The fourth-order valence-electron chi connectivity index (χ4n) is 2.04. The zero-order valence-electron chi connectivity index (χ0n) is 10.6. The van der Waals surface area contributed by atoms with Crippen LogP contribution in [0.2, 0.25) is 0 Å². The molecular weight excluding hydrogens is 215 g/mol. The van der Waals surface area contributed by atoms with Crippen molar-refractivity contribution in [2.24, 2.45) is 0 Å². The molecule has 2 nitrogen and oxygen atoms in total. The zero-order chi connectivity index (χ0) is 12.3. The summed E-state index contributed by atoms with van der Waals surface area (Å²) in [7, 11) is 2.17. The Morgan fingerprint density at radius 1 is 1.41 bits per heavy atom. The second kappa shape index (κ2) is 5.61. The number of nitrogens with zero attached hydrogens (tertiary/aromatic N) is 1. The van der Waals surface area contributed by atoms with Crippen LogP contribution in [0.5, 0.6) is 0 Å². The molecule has 0 heterocycles. The summed E-state index contributed by atoms with van der Waals surface area (Å²) in [5.74, 6) is -0.122. The third-order valence-corrected chi connectivity index (χ3v) is 3.53. The van der Waals surface area contributed by atoms with Crippen molar-refractivity contribution in [2.75, 3.05) is 13.6 Å². The Kier molecular flexibility index (Phi) is 4.13. The predicted molar refractivity (Wildman–Crippen MR) is 68.4 cm³/mol. The van der Waals surface area contributed by atoms with E-state index in [0.717, 1.165) is 18.2 Å². The summed E-state index contributed by atoms with van der Waals surface area (Å²) >= 11 is 0. The molecule has 0 aliphatic heterocycles. The Balaban J connectivity index is 1.73. The molecule has 1 atom stereocenters. The van der Waals surface area contributed by atoms with Gasteiger partial charge >= 0.3 is 0 Å². The lowest BCUT2D eigenvalue weighted by Gasteiger charge is -2.24. The van der Waals surface area contributed by atoms with Crippen molar-refractivity contribution < 1.29 is 4.39 Å². The Morgan fingerprint density at radius 2 is 2.12 bits per heavy atom. The number of hydrogen-bond donors (Lipinski definition) is 1. The van der Waals surface area contributed by atoms with Crippen LogP contribution in [0.1, 0.15) is 25.3 Å². The zero-order valence-corrected chi connectivity index (χ0v) is 10.6. The van der Waals surface area contributed by atoms with Gasteiger partial charge in [-0.3, -0.25) is 4.90 Å². The molecule has 1 N–H and O–H groups in total. The van der Waals surface area contributed by atoms with Gasteiger partial charge in [0.05, 0.1) is 0 Å². The van der Waals surface area contributed by atoms with E-state index in [9.17, 15) is 4.39 Å². The molecule has 1 aliphatic carbocycles. The first-order valence-corrected chi connectivity index (χ1v) is 6.34. The lowest BCUT2D eigenvalue weighted by atomic mass is 10.2. The molecular formula is C14H21FN2. The SMILES string of the molecule is CC(CNCc1ccccc1F)N(C)C1CC1. The van der Waals surface area contributed by atoms with E-state index in [2.05, 4.69) is 24.2 Å². The minimum atomic E-state index is -0.122. The second-order valence-corrected chi connectivity index (χ2v) is 4.97. The first-order chi connectivity index (χ1) is 8.18. The molecule has 94 valence electrons. The molecule has 1 saturated carbocycles. The van der Waals surface area contributed by atoms with Gasteiger partial charge in [-0.15, -0.1) is 0 Å². The van der Waals surface area contributed by atoms with E-state index >= 15 is 0 Å². The van der Waals surface area contributed by atoms with Gasteiger partial charge in [-0.25, -0.2) is 4.39 Å². The number of nitrogens with one attached hydrogen (secondary N) is 1. The molecule has 0 radical (unpaired) electrons. The minimum Gasteiger partial charge on any atom is -0.311 e. The average molecular weight is 236 g/mol. The second-order valence-electron chi connectivity index (χ2n) is 4.97. The summed E-state index contributed by atoms with van der Waals surface area (Å²) in [4.78, 5) is 2.41. The summed E-state index contributed by atoms with van der Waals surface area (Å²) in [5, 5.41) is 3.32. The number of hydrogen-bond acceptors (Lipinski definition) is 2. The predicted octanol–water partition coefficient (Wildman–Crippen LogP) is 2.40. The van der Waals surface area contributed by atoms with Crippen LogP contribution in [-0.4, -0.2) is 30.6 Å². The van der Waals surface area contributed by atoms with Gasteiger partial charge in [-0.2, -0.15) is 0 Å². The van der Waals surface area contributed by atoms with Gasteiger partial charge in [-0.05, 0) is 32.9 Å². The van der Waals surface area contributed by atoms with Gasteiger partial charge in [0.2, 0.25) is 0 Å². The highest BCUT2D eigenvalue weighted by molar-refractivity contribution is 5.16. The van der Waals surface area contributed by atoms with Gasteiger partial charge in [0.15, 0.2) is 0 Å². The lowest BCUT2D eigenvalue weighted by molar-refractivity contribution is 0.241.